The van der Waals surface area contributed by atoms with Gasteiger partial charge in [0.15, 0.2) is 0 Å². The fourth-order valence-electron chi connectivity index (χ4n) is 4.62. The van der Waals surface area contributed by atoms with Gasteiger partial charge in [-0.1, -0.05) is 72.8 Å². The summed E-state index contributed by atoms with van der Waals surface area (Å²) in [5, 5.41) is 2.50. The highest BCUT2D eigenvalue weighted by atomic mass is 32.2. The lowest BCUT2D eigenvalue weighted by Gasteiger charge is -2.33. The second kappa shape index (κ2) is 13.7. The molecule has 0 aliphatic rings. The van der Waals surface area contributed by atoms with Crippen LogP contribution >= 0.6 is 0 Å². The third-order valence-corrected chi connectivity index (χ3v) is 8.68. The first-order chi connectivity index (χ1) is 20.9. The average molecular weight is 628 g/mol. The third-order valence-electron chi connectivity index (χ3n) is 6.89. The van der Waals surface area contributed by atoms with Gasteiger partial charge in [-0.05, 0) is 42.0 Å². The highest BCUT2D eigenvalue weighted by Gasteiger charge is 2.36. The van der Waals surface area contributed by atoms with Gasteiger partial charge in [-0.25, -0.2) is 12.8 Å². The van der Waals surface area contributed by atoms with Gasteiger partial charge in [0.1, 0.15) is 18.4 Å². The number of carbonyl (C=O) groups is 2. The van der Waals surface area contributed by atoms with Crippen molar-refractivity contribution in [3.63, 3.8) is 0 Å². The highest BCUT2D eigenvalue weighted by molar-refractivity contribution is 7.92. The Bertz CT molecular complexity index is 1700. The number of anilines is 1. The van der Waals surface area contributed by atoms with E-state index in [1.807, 2.05) is 0 Å². The van der Waals surface area contributed by atoms with E-state index in [1.54, 1.807) is 42.5 Å². The molecule has 0 aromatic heterocycles. The maximum Gasteiger partial charge on any atom is 0.416 e. The van der Waals surface area contributed by atoms with E-state index in [0.717, 1.165) is 23.1 Å². The van der Waals surface area contributed by atoms with Crippen molar-refractivity contribution in [2.24, 2.45) is 0 Å². The molecule has 2 amide bonds. The molecule has 0 saturated heterocycles. The van der Waals surface area contributed by atoms with Crippen LogP contribution in [0.3, 0.4) is 0 Å². The maximum absolute atomic E-state index is 14.8. The Balaban J connectivity index is 1.83. The van der Waals surface area contributed by atoms with Crippen molar-refractivity contribution >= 4 is 27.5 Å². The number of nitrogens with zero attached hydrogens (tertiary/aromatic N) is 2. The number of amides is 2. The van der Waals surface area contributed by atoms with E-state index in [1.165, 1.54) is 49.5 Å². The van der Waals surface area contributed by atoms with Crippen LogP contribution in [0.1, 0.15) is 16.7 Å². The monoisotopic (exact) mass is 627 g/mol. The maximum atomic E-state index is 14.8. The summed E-state index contributed by atoms with van der Waals surface area (Å²) < 4.78 is 84.0. The van der Waals surface area contributed by atoms with Crippen molar-refractivity contribution in [3.8, 4) is 0 Å². The Morgan fingerprint density at radius 2 is 1.45 bits per heavy atom. The van der Waals surface area contributed by atoms with Crippen LogP contribution < -0.4 is 9.62 Å². The minimum absolute atomic E-state index is 0.00427. The molecule has 0 fully saturated rings. The Kier molecular flexibility index (Phi) is 10.0. The molecule has 1 atom stereocenters. The van der Waals surface area contributed by atoms with Gasteiger partial charge in [-0.3, -0.25) is 13.9 Å². The molecule has 4 aromatic carbocycles. The summed E-state index contributed by atoms with van der Waals surface area (Å²) in [6, 6.07) is 23.6. The van der Waals surface area contributed by atoms with Crippen LogP contribution in [0.5, 0.6) is 0 Å². The Labute approximate surface area is 252 Å². The molecule has 4 aromatic rings. The largest absolute Gasteiger partial charge is 0.416 e. The molecule has 230 valence electrons. The lowest BCUT2D eigenvalue weighted by Crippen LogP contribution is -2.53. The molecule has 0 saturated carbocycles. The summed E-state index contributed by atoms with van der Waals surface area (Å²) in [4.78, 5) is 28.1. The van der Waals surface area contributed by atoms with Gasteiger partial charge < -0.3 is 10.2 Å². The van der Waals surface area contributed by atoms with Crippen LogP contribution in [0.2, 0.25) is 0 Å². The van der Waals surface area contributed by atoms with Crippen LogP contribution in [0.25, 0.3) is 0 Å². The minimum atomic E-state index is -4.79. The topological polar surface area (TPSA) is 86.8 Å². The normalized spacial score (nSPS) is 12.3. The summed E-state index contributed by atoms with van der Waals surface area (Å²) >= 11 is 0. The SMILES string of the molecule is CNC(=O)[C@H](Cc1ccccc1)N(Cc1ccccc1F)C(=O)CN(c1cccc(C(F)(F)F)c1)S(=O)(=O)c1ccccc1. The van der Waals surface area contributed by atoms with Gasteiger partial charge in [0, 0.05) is 25.6 Å². The van der Waals surface area contributed by atoms with Crippen LogP contribution in [0, 0.1) is 5.82 Å². The zero-order valence-electron chi connectivity index (χ0n) is 23.5. The molecule has 1 N–H and O–H groups in total. The van der Waals surface area contributed by atoms with E-state index in [9.17, 15) is 35.6 Å². The molecule has 0 bridgehead atoms. The van der Waals surface area contributed by atoms with Gasteiger partial charge in [-0.2, -0.15) is 13.2 Å². The van der Waals surface area contributed by atoms with E-state index in [-0.39, 0.29) is 16.9 Å². The molecular weight excluding hydrogens is 598 g/mol. The van der Waals surface area contributed by atoms with Gasteiger partial charge in [-0.15, -0.1) is 0 Å². The fraction of sp³-hybridized carbons (Fsp3) is 0.188. The second-order valence-electron chi connectivity index (χ2n) is 9.81. The van der Waals surface area contributed by atoms with Crippen molar-refractivity contribution in [2.45, 2.75) is 30.1 Å². The van der Waals surface area contributed by atoms with Gasteiger partial charge in [0.25, 0.3) is 10.0 Å². The predicted octanol–water partition coefficient (Wildman–Crippen LogP) is 5.43. The summed E-state index contributed by atoms with van der Waals surface area (Å²) in [5.74, 6) is -2.20. The standard InChI is InChI=1S/C32H29F4N3O4S/c1-37-31(41)29(19-23-11-4-2-5-12-23)38(21-24-13-8-9-18-28(24)33)30(40)22-39(44(42,43)27-16-6-3-7-17-27)26-15-10-14-25(20-26)32(34,35)36/h2-18,20,29H,19,21-22H2,1H3,(H,37,41)/t29-/m0/s1. The first kappa shape index (κ1) is 32.2. The van der Waals surface area contributed by atoms with Gasteiger partial charge >= 0.3 is 6.18 Å². The molecule has 4 rings (SSSR count). The van der Waals surface area contributed by atoms with E-state index in [0.29, 0.717) is 15.9 Å². The first-order valence-electron chi connectivity index (χ1n) is 13.4. The molecule has 0 heterocycles. The number of nitrogens with one attached hydrogen (secondary N) is 1. The number of sulfonamides is 1. The summed E-state index contributed by atoms with van der Waals surface area (Å²) in [7, 11) is -3.23. The predicted molar refractivity (Wildman–Crippen MR) is 157 cm³/mol. The second-order valence-corrected chi connectivity index (χ2v) is 11.7. The van der Waals surface area contributed by atoms with E-state index >= 15 is 0 Å². The molecule has 0 unspecified atom stereocenters. The number of alkyl halides is 3. The number of carbonyl (C=O) groups excluding carboxylic acids is 2. The lowest BCUT2D eigenvalue weighted by molar-refractivity contribution is -0.139. The minimum Gasteiger partial charge on any atom is -0.357 e. The summed E-state index contributed by atoms with van der Waals surface area (Å²) in [6.07, 6.45) is -4.80. The van der Waals surface area contributed by atoms with Gasteiger partial charge in [0.05, 0.1) is 16.1 Å². The van der Waals surface area contributed by atoms with E-state index < -0.39 is 64.2 Å². The van der Waals surface area contributed by atoms with Crippen LogP contribution in [0.15, 0.2) is 114 Å². The van der Waals surface area contributed by atoms with E-state index in [2.05, 4.69) is 5.32 Å². The molecule has 44 heavy (non-hydrogen) atoms. The quantitative estimate of drug-likeness (QED) is 0.225. The number of rotatable bonds is 11. The zero-order valence-corrected chi connectivity index (χ0v) is 24.4. The molecular formula is C32H29F4N3O4S. The van der Waals surface area contributed by atoms with Crippen LogP contribution in [-0.4, -0.2) is 44.8 Å². The number of likely N-dealkylation sites (N-methyl/N-ethyl adjacent to an activating group) is 1. The molecule has 7 nitrogen and oxygen atoms in total. The lowest BCUT2D eigenvalue weighted by atomic mass is 10.0. The zero-order chi connectivity index (χ0) is 31.9. The van der Waals surface area contributed by atoms with Crippen molar-refractivity contribution in [1.29, 1.82) is 0 Å². The molecule has 0 aliphatic carbocycles. The summed E-state index contributed by atoms with van der Waals surface area (Å²) in [6.45, 7) is -1.40. The van der Waals surface area contributed by atoms with Crippen molar-refractivity contribution in [3.05, 3.63) is 132 Å². The third kappa shape index (κ3) is 7.62. The number of halogens is 4. The summed E-state index contributed by atoms with van der Waals surface area (Å²) in [5.41, 5.74) is -0.813. The smallest absolute Gasteiger partial charge is 0.357 e. The highest BCUT2D eigenvalue weighted by Crippen LogP contribution is 2.33. The number of hydrogen-bond donors (Lipinski definition) is 1. The Morgan fingerprint density at radius 3 is 2.07 bits per heavy atom. The number of hydrogen-bond acceptors (Lipinski definition) is 4. The first-order valence-corrected chi connectivity index (χ1v) is 14.9. The van der Waals surface area contributed by atoms with Crippen LogP contribution in [-0.2, 0) is 38.8 Å². The molecule has 12 heteroatoms. The molecule has 0 aliphatic heterocycles. The molecule has 0 radical (unpaired) electrons. The average Bonchev–Trinajstić information content (AvgIpc) is 3.02. The fourth-order valence-corrected chi connectivity index (χ4v) is 6.04. The van der Waals surface area contributed by atoms with Crippen molar-refractivity contribution in [1.82, 2.24) is 10.2 Å². The van der Waals surface area contributed by atoms with Crippen LogP contribution in [0.4, 0.5) is 23.2 Å². The van der Waals surface area contributed by atoms with Crippen molar-refractivity contribution < 1.29 is 35.6 Å². The van der Waals surface area contributed by atoms with Gasteiger partial charge in [0.2, 0.25) is 11.8 Å². The Morgan fingerprint density at radius 1 is 0.841 bits per heavy atom. The van der Waals surface area contributed by atoms with Crippen molar-refractivity contribution in [2.75, 3.05) is 17.9 Å². The van der Waals surface area contributed by atoms with E-state index in [4.69, 9.17) is 0 Å². The Hall–Kier alpha value is -4.71. The number of benzene rings is 4. The molecule has 0 spiro atoms.